The average Bonchev–Trinajstić information content (AvgIpc) is 2.48. The maximum Gasteiger partial charge on any atom is 0.166 e. The number of hydrogen-bond donors (Lipinski definition) is 1. The van der Waals surface area contributed by atoms with E-state index in [1.54, 1.807) is 37.3 Å². The number of benzene rings is 2. The Balaban J connectivity index is 2.07. The number of aliphatic hydroxyl groups is 1. The summed E-state index contributed by atoms with van der Waals surface area (Å²) in [6, 6.07) is 11.5. The van der Waals surface area contributed by atoms with Crippen molar-refractivity contribution < 1.29 is 19.0 Å². The molecular weight excluding hydrogens is 271 g/mol. The summed E-state index contributed by atoms with van der Waals surface area (Å²) in [5.74, 6) is 0.915. The summed E-state index contributed by atoms with van der Waals surface area (Å²) in [6.45, 7) is 4.29. The maximum atomic E-state index is 13.9. The lowest BCUT2D eigenvalue weighted by atomic mass is 10.1. The van der Waals surface area contributed by atoms with Crippen LogP contribution in [0.1, 0.15) is 31.9 Å². The number of ether oxygens (including phenoxy) is 2. The molecule has 0 aliphatic heterocycles. The van der Waals surface area contributed by atoms with E-state index in [9.17, 15) is 9.50 Å². The Hall–Kier alpha value is -2.07. The fraction of sp³-hybridized carbons (Fsp3) is 0.294. The highest BCUT2D eigenvalue weighted by Gasteiger charge is 2.09. The Morgan fingerprint density at radius 2 is 1.76 bits per heavy atom. The van der Waals surface area contributed by atoms with Crippen LogP contribution in [0.2, 0.25) is 0 Å². The van der Waals surface area contributed by atoms with Gasteiger partial charge >= 0.3 is 0 Å². The Kier molecular flexibility index (Phi) is 5.17. The first-order chi connectivity index (χ1) is 10.1. The number of hydrogen-bond acceptors (Lipinski definition) is 3. The number of halogens is 1. The standard InChI is InChI=1S/C17H19FO3/c1-3-10-20-14-5-7-15(8-6-14)21-17-9-4-13(12(2)19)11-16(17)18/h4-9,11-12,19H,3,10H2,1-2H3/t12-/m0/s1. The minimum absolute atomic E-state index is 0.127. The fourth-order valence-electron chi connectivity index (χ4n) is 1.81. The van der Waals surface area contributed by atoms with Gasteiger partial charge in [0.1, 0.15) is 11.5 Å². The molecular formula is C17H19FO3. The van der Waals surface area contributed by atoms with Crippen molar-refractivity contribution in [1.29, 1.82) is 0 Å². The molecule has 0 spiro atoms. The van der Waals surface area contributed by atoms with Crippen molar-refractivity contribution in [3.63, 3.8) is 0 Å². The van der Waals surface area contributed by atoms with Gasteiger partial charge in [0.25, 0.3) is 0 Å². The average molecular weight is 290 g/mol. The predicted octanol–water partition coefficient (Wildman–Crippen LogP) is 4.46. The van der Waals surface area contributed by atoms with Gasteiger partial charge in [0, 0.05) is 0 Å². The summed E-state index contributed by atoms with van der Waals surface area (Å²) in [7, 11) is 0. The minimum atomic E-state index is -0.705. The molecule has 0 aliphatic carbocycles. The fourth-order valence-corrected chi connectivity index (χ4v) is 1.81. The van der Waals surface area contributed by atoms with Crippen molar-refractivity contribution in [3.8, 4) is 17.2 Å². The van der Waals surface area contributed by atoms with E-state index in [1.165, 1.54) is 12.1 Å². The number of aliphatic hydroxyl groups excluding tert-OH is 1. The minimum Gasteiger partial charge on any atom is -0.494 e. The van der Waals surface area contributed by atoms with Gasteiger partial charge < -0.3 is 14.6 Å². The molecule has 0 saturated heterocycles. The third-order valence-electron chi connectivity index (χ3n) is 2.96. The topological polar surface area (TPSA) is 38.7 Å². The molecule has 0 amide bonds. The van der Waals surface area contributed by atoms with Gasteiger partial charge in [0.2, 0.25) is 0 Å². The van der Waals surface area contributed by atoms with Crippen LogP contribution in [0, 0.1) is 5.82 Å². The van der Waals surface area contributed by atoms with Gasteiger partial charge in [0.05, 0.1) is 12.7 Å². The summed E-state index contributed by atoms with van der Waals surface area (Å²) in [6.07, 6.45) is 0.238. The van der Waals surface area contributed by atoms with E-state index in [0.29, 0.717) is 17.9 Å². The molecule has 3 nitrogen and oxygen atoms in total. The van der Waals surface area contributed by atoms with Gasteiger partial charge in [-0.3, -0.25) is 0 Å². The molecule has 0 heterocycles. The molecule has 0 saturated carbocycles. The van der Waals surface area contributed by atoms with E-state index in [1.807, 2.05) is 6.92 Å². The molecule has 2 rings (SSSR count). The summed E-state index contributed by atoms with van der Waals surface area (Å²) in [4.78, 5) is 0. The molecule has 2 aromatic rings. The Bertz CT molecular complexity index is 579. The van der Waals surface area contributed by atoms with E-state index in [-0.39, 0.29) is 5.75 Å². The molecule has 21 heavy (non-hydrogen) atoms. The zero-order valence-corrected chi connectivity index (χ0v) is 12.2. The predicted molar refractivity (Wildman–Crippen MR) is 79.3 cm³/mol. The lowest BCUT2D eigenvalue weighted by Crippen LogP contribution is -1.96. The molecule has 0 fully saturated rings. The highest BCUT2D eigenvalue weighted by atomic mass is 19.1. The van der Waals surface area contributed by atoms with Gasteiger partial charge in [-0.15, -0.1) is 0 Å². The monoisotopic (exact) mass is 290 g/mol. The van der Waals surface area contributed by atoms with E-state index in [2.05, 4.69) is 0 Å². The molecule has 0 aromatic heterocycles. The Labute approximate surface area is 124 Å². The first-order valence-electron chi connectivity index (χ1n) is 6.98. The van der Waals surface area contributed by atoms with Crippen LogP contribution in [-0.2, 0) is 0 Å². The maximum absolute atomic E-state index is 13.9. The molecule has 0 unspecified atom stereocenters. The van der Waals surface area contributed by atoms with Crippen molar-refractivity contribution in [3.05, 3.63) is 53.8 Å². The van der Waals surface area contributed by atoms with Crippen LogP contribution in [0.25, 0.3) is 0 Å². The largest absolute Gasteiger partial charge is 0.494 e. The van der Waals surface area contributed by atoms with Crippen molar-refractivity contribution in [2.45, 2.75) is 26.4 Å². The van der Waals surface area contributed by atoms with Crippen LogP contribution in [-0.4, -0.2) is 11.7 Å². The summed E-state index contributed by atoms with van der Waals surface area (Å²) >= 11 is 0. The van der Waals surface area contributed by atoms with Crippen LogP contribution in [0.3, 0.4) is 0 Å². The second-order valence-electron chi connectivity index (χ2n) is 4.79. The molecule has 1 atom stereocenters. The zero-order chi connectivity index (χ0) is 15.2. The smallest absolute Gasteiger partial charge is 0.166 e. The summed E-state index contributed by atoms with van der Waals surface area (Å²) in [5.41, 5.74) is 0.517. The van der Waals surface area contributed by atoms with Gasteiger partial charge in [0.15, 0.2) is 11.6 Å². The first-order valence-corrected chi connectivity index (χ1v) is 6.98. The molecule has 112 valence electrons. The molecule has 4 heteroatoms. The highest BCUT2D eigenvalue weighted by molar-refractivity contribution is 5.37. The van der Waals surface area contributed by atoms with Gasteiger partial charge in [-0.25, -0.2) is 4.39 Å². The van der Waals surface area contributed by atoms with Crippen molar-refractivity contribution in [2.24, 2.45) is 0 Å². The quantitative estimate of drug-likeness (QED) is 0.853. The van der Waals surface area contributed by atoms with Crippen LogP contribution >= 0.6 is 0 Å². The van der Waals surface area contributed by atoms with Crippen molar-refractivity contribution in [2.75, 3.05) is 6.61 Å². The second kappa shape index (κ2) is 7.09. The van der Waals surface area contributed by atoms with Gasteiger partial charge in [-0.2, -0.15) is 0 Å². The van der Waals surface area contributed by atoms with E-state index in [0.717, 1.165) is 12.2 Å². The van der Waals surface area contributed by atoms with Crippen molar-refractivity contribution in [1.82, 2.24) is 0 Å². The third kappa shape index (κ3) is 4.20. The zero-order valence-electron chi connectivity index (χ0n) is 12.2. The Morgan fingerprint density at radius 1 is 1.10 bits per heavy atom. The molecule has 2 aromatic carbocycles. The SMILES string of the molecule is CCCOc1ccc(Oc2ccc([C@H](C)O)cc2F)cc1. The second-order valence-corrected chi connectivity index (χ2v) is 4.79. The molecule has 1 N–H and O–H groups in total. The molecule has 0 radical (unpaired) electrons. The molecule has 0 bridgehead atoms. The van der Waals surface area contributed by atoms with E-state index < -0.39 is 11.9 Å². The lowest BCUT2D eigenvalue weighted by Gasteiger charge is -2.10. The first kappa shape index (κ1) is 15.3. The lowest BCUT2D eigenvalue weighted by molar-refractivity contribution is 0.198. The summed E-state index contributed by atoms with van der Waals surface area (Å²) in [5, 5.41) is 9.41. The van der Waals surface area contributed by atoms with E-state index in [4.69, 9.17) is 9.47 Å². The van der Waals surface area contributed by atoms with Crippen molar-refractivity contribution >= 4 is 0 Å². The van der Waals surface area contributed by atoms with Crippen LogP contribution in [0.4, 0.5) is 4.39 Å². The molecule has 0 aliphatic rings. The normalized spacial score (nSPS) is 12.0. The van der Waals surface area contributed by atoms with Crippen LogP contribution < -0.4 is 9.47 Å². The highest BCUT2D eigenvalue weighted by Crippen LogP contribution is 2.28. The van der Waals surface area contributed by atoms with Crippen LogP contribution in [0.5, 0.6) is 17.2 Å². The van der Waals surface area contributed by atoms with Gasteiger partial charge in [-0.1, -0.05) is 13.0 Å². The summed E-state index contributed by atoms with van der Waals surface area (Å²) < 4.78 is 24.8. The third-order valence-corrected chi connectivity index (χ3v) is 2.96. The number of rotatable bonds is 6. The van der Waals surface area contributed by atoms with Crippen LogP contribution in [0.15, 0.2) is 42.5 Å². The van der Waals surface area contributed by atoms with Gasteiger partial charge in [-0.05, 0) is 55.3 Å². The van der Waals surface area contributed by atoms with E-state index >= 15 is 0 Å². The Morgan fingerprint density at radius 3 is 2.33 bits per heavy atom.